The average Bonchev–Trinajstić information content (AvgIpc) is 3.00. The predicted octanol–water partition coefficient (Wildman–Crippen LogP) is 3.64. The van der Waals surface area contributed by atoms with Gasteiger partial charge in [-0.1, -0.05) is 30.7 Å². The van der Waals surface area contributed by atoms with E-state index >= 15 is 0 Å². The van der Waals surface area contributed by atoms with Crippen molar-refractivity contribution >= 4 is 38.9 Å². The molecule has 4 rings (SSSR count). The Morgan fingerprint density at radius 2 is 1.94 bits per heavy atom. The second kappa shape index (κ2) is 9.93. The highest BCUT2D eigenvalue weighted by Gasteiger charge is 2.26. The zero-order valence-corrected chi connectivity index (χ0v) is 19.5. The summed E-state index contributed by atoms with van der Waals surface area (Å²) in [7, 11) is -2.15. The number of carbonyl (C=O) groups excluding carboxylic acids is 1. The molecule has 0 radical (unpaired) electrons. The molecule has 1 aliphatic rings. The summed E-state index contributed by atoms with van der Waals surface area (Å²) in [6, 6.07) is 10.4. The number of hydrogen-bond acceptors (Lipinski definition) is 6. The van der Waals surface area contributed by atoms with Crippen molar-refractivity contribution in [3.63, 3.8) is 0 Å². The van der Waals surface area contributed by atoms with Crippen LogP contribution in [0.5, 0.6) is 5.75 Å². The third-order valence-electron chi connectivity index (χ3n) is 5.38. The number of pyridine rings is 1. The molecule has 1 N–H and O–H groups in total. The molecule has 1 fully saturated rings. The molecule has 3 aromatic rings. The molecule has 0 bridgehead atoms. The number of imidazole rings is 1. The number of rotatable bonds is 7. The van der Waals surface area contributed by atoms with Gasteiger partial charge >= 0.3 is 0 Å². The molecule has 32 heavy (non-hydrogen) atoms. The van der Waals surface area contributed by atoms with E-state index in [9.17, 15) is 13.2 Å². The Balaban J connectivity index is 1.49. The second-order valence-corrected chi connectivity index (χ2v) is 10.4. The normalized spacial score (nSPS) is 15.4. The van der Waals surface area contributed by atoms with Crippen molar-refractivity contribution in [3.8, 4) is 5.75 Å². The van der Waals surface area contributed by atoms with Crippen LogP contribution in [0.3, 0.4) is 0 Å². The maximum atomic E-state index is 13.1. The molecule has 10 heteroatoms. The lowest BCUT2D eigenvalue weighted by molar-refractivity contribution is -0.113. The van der Waals surface area contributed by atoms with Crippen molar-refractivity contribution in [3.05, 3.63) is 48.8 Å². The summed E-state index contributed by atoms with van der Waals surface area (Å²) in [5, 5.41) is 3.50. The van der Waals surface area contributed by atoms with E-state index < -0.39 is 10.0 Å². The Morgan fingerprint density at radius 1 is 1.16 bits per heavy atom. The number of benzene rings is 1. The summed E-state index contributed by atoms with van der Waals surface area (Å²) in [6.07, 6.45) is 7.44. The van der Waals surface area contributed by atoms with E-state index in [-0.39, 0.29) is 16.6 Å². The van der Waals surface area contributed by atoms with Crippen LogP contribution in [0.25, 0.3) is 5.52 Å². The van der Waals surface area contributed by atoms with Gasteiger partial charge in [0, 0.05) is 19.3 Å². The van der Waals surface area contributed by atoms with Crippen molar-refractivity contribution < 1.29 is 17.9 Å². The molecule has 1 aromatic carbocycles. The van der Waals surface area contributed by atoms with Crippen molar-refractivity contribution in [2.75, 3.05) is 31.3 Å². The van der Waals surface area contributed by atoms with Crippen LogP contribution in [0, 0.1) is 0 Å². The van der Waals surface area contributed by atoms with Gasteiger partial charge in [-0.15, -0.1) is 0 Å². The lowest BCUT2D eigenvalue weighted by atomic mass is 10.2. The first-order valence-electron chi connectivity index (χ1n) is 10.5. The highest BCUT2D eigenvalue weighted by atomic mass is 32.2. The Labute approximate surface area is 192 Å². The minimum absolute atomic E-state index is 0.125. The number of sulfonamides is 1. The van der Waals surface area contributed by atoms with E-state index in [2.05, 4.69) is 10.3 Å². The van der Waals surface area contributed by atoms with Crippen molar-refractivity contribution in [2.24, 2.45) is 0 Å². The summed E-state index contributed by atoms with van der Waals surface area (Å²) in [5.74, 6) is 0.259. The van der Waals surface area contributed by atoms with E-state index in [1.807, 2.05) is 28.8 Å². The van der Waals surface area contributed by atoms with E-state index in [1.54, 1.807) is 12.3 Å². The number of methoxy groups -OCH3 is 1. The largest absolute Gasteiger partial charge is 0.495 e. The van der Waals surface area contributed by atoms with Gasteiger partial charge in [0.1, 0.15) is 5.75 Å². The zero-order chi connectivity index (χ0) is 22.6. The standard InChI is InChI=1S/C22H26N4O4S2/c1-30-20-10-9-18(32(28,29)25-11-5-2-3-6-12-25)14-19(20)24-21(27)16-31-22-23-15-17-8-4-7-13-26(17)22/h4,7-10,13-15H,2-3,5-6,11-12,16H2,1H3,(H,24,27). The third-order valence-corrected chi connectivity index (χ3v) is 8.25. The number of carbonyl (C=O) groups is 1. The zero-order valence-electron chi connectivity index (χ0n) is 17.9. The number of hydrogen-bond donors (Lipinski definition) is 1. The number of nitrogens with zero attached hydrogens (tertiary/aromatic N) is 3. The van der Waals surface area contributed by atoms with Gasteiger partial charge in [0.2, 0.25) is 15.9 Å². The molecule has 3 heterocycles. The molecule has 0 atom stereocenters. The van der Waals surface area contributed by atoms with Gasteiger partial charge in [0.25, 0.3) is 0 Å². The summed E-state index contributed by atoms with van der Waals surface area (Å²) in [4.78, 5) is 17.1. The van der Waals surface area contributed by atoms with Crippen LogP contribution in [0.2, 0.25) is 0 Å². The maximum Gasteiger partial charge on any atom is 0.243 e. The Kier molecular flexibility index (Phi) is 7.02. The fourth-order valence-corrected chi connectivity index (χ4v) is 6.03. The predicted molar refractivity (Wildman–Crippen MR) is 125 cm³/mol. The van der Waals surface area contributed by atoms with Crippen LogP contribution in [-0.4, -0.2) is 54.0 Å². The number of anilines is 1. The Hall–Kier alpha value is -2.56. The third kappa shape index (κ3) is 4.92. The molecule has 0 unspecified atom stereocenters. The molecule has 8 nitrogen and oxygen atoms in total. The molecule has 170 valence electrons. The van der Waals surface area contributed by atoms with Gasteiger partial charge in [0.15, 0.2) is 5.16 Å². The lowest BCUT2D eigenvalue weighted by Crippen LogP contribution is -2.32. The van der Waals surface area contributed by atoms with Crippen LogP contribution in [0.15, 0.2) is 58.8 Å². The van der Waals surface area contributed by atoms with Gasteiger partial charge in [-0.05, 0) is 43.2 Å². The first-order valence-corrected chi connectivity index (χ1v) is 12.9. The van der Waals surface area contributed by atoms with Crippen LogP contribution in [-0.2, 0) is 14.8 Å². The molecule has 2 aromatic heterocycles. The fraction of sp³-hybridized carbons (Fsp3) is 0.364. The number of aromatic nitrogens is 2. The Morgan fingerprint density at radius 3 is 2.69 bits per heavy atom. The van der Waals surface area contributed by atoms with Crippen LogP contribution in [0.1, 0.15) is 25.7 Å². The summed E-state index contributed by atoms with van der Waals surface area (Å²) in [5.41, 5.74) is 1.28. The van der Waals surface area contributed by atoms with E-state index in [1.165, 1.54) is 35.3 Å². The number of thioether (sulfide) groups is 1. The van der Waals surface area contributed by atoms with E-state index in [0.717, 1.165) is 31.2 Å². The quantitative estimate of drug-likeness (QED) is 0.526. The smallest absolute Gasteiger partial charge is 0.243 e. The average molecular weight is 475 g/mol. The molecule has 0 saturated carbocycles. The summed E-state index contributed by atoms with van der Waals surface area (Å²) in [6.45, 7) is 1.04. The molecule has 1 amide bonds. The fourth-order valence-electron chi connectivity index (χ4n) is 3.72. The molecular formula is C22H26N4O4S2. The van der Waals surface area contributed by atoms with Gasteiger partial charge in [-0.3, -0.25) is 9.20 Å². The highest BCUT2D eigenvalue weighted by Crippen LogP contribution is 2.30. The minimum atomic E-state index is -3.63. The van der Waals surface area contributed by atoms with Crippen LogP contribution < -0.4 is 10.1 Å². The van der Waals surface area contributed by atoms with Crippen molar-refractivity contribution in [2.45, 2.75) is 35.7 Å². The minimum Gasteiger partial charge on any atom is -0.495 e. The van der Waals surface area contributed by atoms with Crippen LogP contribution in [0.4, 0.5) is 5.69 Å². The Bertz CT molecular complexity index is 1200. The molecule has 1 saturated heterocycles. The van der Waals surface area contributed by atoms with Gasteiger partial charge < -0.3 is 10.1 Å². The van der Waals surface area contributed by atoms with E-state index in [4.69, 9.17) is 4.74 Å². The number of nitrogens with one attached hydrogen (secondary N) is 1. The van der Waals surface area contributed by atoms with E-state index in [0.29, 0.717) is 29.7 Å². The number of amides is 1. The van der Waals surface area contributed by atoms with Crippen molar-refractivity contribution in [1.29, 1.82) is 0 Å². The SMILES string of the molecule is COc1ccc(S(=O)(=O)N2CCCCCC2)cc1NC(=O)CSc1ncc2ccccn12. The van der Waals surface area contributed by atoms with Crippen molar-refractivity contribution in [1.82, 2.24) is 13.7 Å². The lowest BCUT2D eigenvalue weighted by Gasteiger charge is -2.21. The van der Waals surface area contributed by atoms with Gasteiger partial charge in [-0.2, -0.15) is 4.31 Å². The number of ether oxygens (including phenoxy) is 1. The summed E-state index contributed by atoms with van der Waals surface area (Å²) < 4.78 is 35.1. The summed E-state index contributed by atoms with van der Waals surface area (Å²) >= 11 is 1.30. The topological polar surface area (TPSA) is 93.0 Å². The molecule has 0 spiro atoms. The first-order chi connectivity index (χ1) is 15.5. The number of fused-ring (bicyclic) bond motifs is 1. The van der Waals surface area contributed by atoms with Gasteiger partial charge in [-0.25, -0.2) is 13.4 Å². The maximum absolute atomic E-state index is 13.1. The molecular weight excluding hydrogens is 448 g/mol. The first kappa shape index (κ1) is 22.6. The molecule has 1 aliphatic heterocycles. The highest BCUT2D eigenvalue weighted by molar-refractivity contribution is 7.99. The molecule has 0 aliphatic carbocycles. The monoisotopic (exact) mass is 474 g/mol. The van der Waals surface area contributed by atoms with Crippen LogP contribution >= 0.6 is 11.8 Å². The van der Waals surface area contributed by atoms with Gasteiger partial charge in [0.05, 0.1) is 35.2 Å². The second-order valence-electron chi connectivity index (χ2n) is 7.55.